The molecule has 0 amide bonds. The zero-order chi connectivity index (χ0) is 27.3. The summed E-state index contributed by atoms with van der Waals surface area (Å²) < 4.78 is 122. The first kappa shape index (κ1) is 31.2. The topological polar surface area (TPSA) is 18.5 Å². The summed E-state index contributed by atoms with van der Waals surface area (Å²) in [7, 11) is 1.65. The Labute approximate surface area is 238 Å². The van der Waals surface area contributed by atoms with E-state index in [1.807, 2.05) is 24.3 Å². The van der Waals surface area contributed by atoms with Crippen LogP contribution in [0.4, 0.5) is 35.1 Å². The Morgan fingerprint density at radius 1 is 0.579 bits per heavy atom. The quantitative estimate of drug-likeness (QED) is 0.130. The molecule has 0 bridgehead atoms. The van der Waals surface area contributed by atoms with E-state index in [9.17, 15) is 35.1 Å². The van der Waals surface area contributed by atoms with Gasteiger partial charge in [0.2, 0.25) is 17.4 Å². The van der Waals surface area contributed by atoms with Crippen molar-refractivity contribution in [2.45, 2.75) is 13.3 Å². The van der Waals surface area contributed by atoms with Crippen molar-refractivity contribution >= 4 is 0 Å². The van der Waals surface area contributed by atoms with E-state index < -0.39 is 75.4 Å². The maximum absolute atomic E-state index is 14.3. The van der Waals surface area contributed by atoms with E-state index in [2.05, 4.69) is 12.1 Å². The molecule has 1 radical (unpaired) electrons. The van der Waals surface area contributed by atoms with Gasteiger partial charge in [0.05, 0.1) is 7.11 Å². The van der Waals surface area contributed by atoms with E-state index in [-0.39, 0.29) is 38.5 Å². The molecule has 0 fully saturated rings. The molecule has 0 aliphatic heterocycles. The Balaban J connectivity index is 0.000000482. The number of benzene rings is 4. The monoisotopic (exact) mass is 613 g/mol. The standard InChI is InChI=1S/C20H9F8O.C7H7O.Y/c1-8-12(21)14(23)10(15(24)13(8)22)7-11-16(25)18(27)20(19(28)17(11)26)29-9-5-3-2-4-6-9;1-8-7-5-3-2-4-6-7;/h3-6H,7H2,1H3;3-6H,1H3;/q2*-1;. The van der Waals surface area contributed by atoms with Crippen LogP contribution < -0.4 is 9.47 Å². The van der Waals surface area contributed by atoms with Crippen molar-refractivity contribution < 1.29 is 77.3 Å². The van der Waals surface area contributed by atoms with E-state index in [0.717, 1.165) is 12.7 Å². The van der Waals surface area contributed by atoms with Gasteiger partial charge < -0.3 is 9.47 Å². The van der Waals surface area contributed by atoms with Crippen LogP contribution in [0.2, 0.25) is 0 Å². The predicted octanol–water partition coefficient (Wildman–Crippen LogP) is 7.78. The van der Waals surface area contributed by atoms with Gasteiger partial charge in [-0.25, -0.2) is 26.3 Å². The van der Waals surface area contributed by atoms with E-state index >= 15 is 0 Å². The molecule has 0 saturated carbocycles. The van der Waals surface area contributed by atoms with Gasteiger partial charge in [-0.2, -0.15) is 45.2 Å². The molecule has 0 aliphatic rings. The van der Waals surface area contributed by atoms with Gasteiger partial charge in [-0.15, -0.1) is 24.3 Å². The molecule has 0 heterocycles. The largest absolute Gasteiger partial charge is 0.522 e. The summed E-state index contributed by atoms with van der Waals surface area (Å²) in [5.41, 5.74) is -3.88. The summed E-state index contributed by atoms with van der Waals surface area (Å²) >= 11 is 0. The molecule has 4 aromatic carbocycles. The van der Waals surface area contributed by atoms with Crippen LogP contribution in [0, 0.1) is 65.6 Å². The number of hydrogen-bond acceptors (Lipinski definition) is 2. The number of methoxy groups -OCH3 is 1. The first-order valence-corrected chi connectivity index (χ1v) is 10.4. The molecule has 4 rings (SSSR count). The maximum atomic E-state index is 14.3. The summed E-state index contributed by atoms with van der Waals surface area (Å²) in [6, 6.07) is 17.8. The SMILES string of the molecule is COc1cc[c-]cc1.Cc1c(F)c(F)c(Cc2c(F)c(F)c(Oc3cc[c-]cc3)c(F)c2F)c(F)c1F.[Y]. The van der Waals surface area contributed by atoms with Crippen LogP contribution in [0.25, 0.3) is 0 Å². The second kappa shape index (κ2) is 13.7. The zero-order valence-corrected chi connectivity index (χ0v) is 22.6. The first-order valence-electron chi connectivity index (χ1n) is 10.4. The molecule has 0 aliphatic carbocycles. The second-order valence-corrected chi connectivity index (χ2v) is 7.38. The van der Waals surface area contributed by atoms with E-state index in [1.54, 1.807) is 7.11 Å². The van der Waals surface area contributed by atoms with Gasteiger partial charge in [0, 0.05) is 67.3 Å². The molecular weight excluding hydrogens is 597 g/mol. The van der Waals surface area contributed by atoms with E-state index in [4.69, 9.17) is 9.47 Å². The molecule has 2 nitrogen and oxygen atoms in total. The summed E-state index contributed by atoms with van der Waals surface area (Å²) in [5.74, 6) is -16.2. The average molecular weight is 613 g/mol. The molecule has 0 saturated heterocycles. The zero-order valence-electron chi connectivity index (χ0n) is 19.7. The Bertz CT molecular complexity index is 1340. The van der Waals surface area contributed by atoms with Gasteiger partial charge >= 0.3 is 0 Å². The molecule has 197 valence electrons. The van der Waals surface area contributed by atoms with Crippen molar-refractivity contribution in [3.05, 3.63) is 124 Å². The molecule has 38 heavy (non-hydrogen) atoms. The molecule has 0 spiro atoms. The van der Waals surface area contributed by atoms with Crippen molar-refractivity contribution in [1.82, 2.24) is 0 Å². The molecule has 0 atom stereocenters. The van der Waals surface area contributed by atoms with Crippen LogP contribution in [0.15, 0.2) is 48.5 Å². The van der Waals surface area contributed by atoms with Crippen LogP contribution in [0.3, 0.4) is 0 Å². The fraction of sp³-hybridized carbons (Fsp3) is 0.111. The van der Waals surface area contributed by atoms with Gasteiger partial charge in [-0.1, -0.05) is 0 Å². The summed E-state index contributed by atoms with van der Waals surface area (Å²) in [4.78, 5) is 0. The third-order valence-corrected chi connectivity index (χ3v) is 5.07. The smallest absolute Gasteiger partial charge is 0.204 e. The third kappa shape index (κ3) is 6.71. The van der Waals surface area contributed by atoms with Crippen molar-refractivity contribution in [2.24, 2.45) is 0 Å². The Morgan fingerprint density at radius 2 is 0.947 bits per heavy atom. The average Bonchev–Trinajstić information content (AvgIpc) is 2.93. The van der Waals surface area contributed by atoms with Gasteiger partial charge in [0.25, 0.3) is 0 Å². The molecule has 0 N–H and O–H groups in total. The van der Waals surface area contributed by atoms with Crippen molar-refractivity contribution in [3.63, 3.8) is 0 Å². The number of ether oxygens (including phenoxy) is 2. The van der Waals surface area contributed by atoms with Gasteiger partial charge in [-0.05, 0) is 6.92 Å². The van der Waals surface area contributed by atoms with Crippen LogP contribution in [-0.4, -0.2) is 7.11 Å². The van der Waals surface area contributed by atoms with Gasteiger partial charge in [0.1, 0.15) is 0 Å². The Hall–Kier alpha value is -2.98. The fourth-order valence-electron chi connectivity index (χ4n) is 3.09. The number of rotatable bonds is 5. The Kier molecular flexibility index (Phi) is 11.3. The van der Waals surface area contributed by atoms with Gasteiger partial charge in [0.15, 0.2) is 34.9 Å². The van der Waals surface area contributed by atoms with Crippen LogP contribution in [-0.2, 0) is 39.1 Å². The fourth-order valence-corrected chi connectivity index (χ4v) is 3.09. The minimum atomic E-state index is -2.03. The molecule has 4 aromatic rings. The minimum absolute atomic E-state index is 0. The van der Waals surface area contributed by atoms with Crippen molar-refractivity contribution in [3.8, 4) is 17.2 Å². The summed E-state index contributed by atoms with van der Waals surface area (Å²) in [5, 5.41) is 0. The molecule has 11 heteroatoms. The van der Waals surface area contributed by atoms with Crippen LogP contribution in [0.1, 0.15) is 16.7 Å². The predicted molar refractivity (Wildman–Crippen MR) is 117 cm³/mol. The minimum Gasteiger partial charge on any atom is -0.522 e. The van der Waals surface area contributed by atoms with Crippen molar-refractivity contribution in [2.75, 3.05) is 7.11 Å². The number of halogens is 8. The maximum Gasteiger partial charge on any atom is 0.204 e. The molecular formula is C27H16F8O2Y-2. The normalized spacial score (nSPS) is 10.3. The Morgan fingerprint density at radius 3 is 1.32 bits per heavy atom. The second-order valence-electron chi connectivity index (χ2n) is 7.38. The summed E-state index contributed by atoms with van der Waals surface area (Å²) in [6.45, 7) is 0.745. The number of hydrogen-bond donors (Lipinski definition) is 0. The molecule has 0 unspecified atom stereocenters. The van der Waals surface area contributed by atoms with Crippen molar-refractivity contribution in [1.29, 1.82) is 0 Å². The van der Waals surface area contributed by atoms with Crippen LogP contribution in [0.5, 0.6) is 17.2 Å². The molecule has 0 aromatic heterocycles. The van der Waals surface area contributed by atoms with E-state index in [1.165, 1.54) is 24.3 Å². The van der Waals surface area contributed by atoms with Crippen LogP contribution >= 0.6 is 0 Å². The summed E-state index contributed by atoms with van der Waals surface area (Å²) in [6.07, 6.45) is -1.49. The first-order chi connectivity index (χ1) is 17.6. The van der Waals surface area contributed by atoms with E-state index in [0.29, 0.717) is 0 Å². The van der Waals surface area contributed by atoms with Gasteiger partial charge in [-0.3, -0.25) is 0 Å². The third-order valence-electron chi connectivity index (χ3n) is 5.07.